The first-order valence-corrected chi connectivity index (χ1v) is 8.34. The van der Waals surface area contributed by atoms with Crippen LogP contribution in [-0.2, 0) is 6.42 Å². The van der Waals surface area contributed by atoms with Crippen molar-refractivity contribution in [2.75, 3.05) is 20.1 Å². The van der Waals surface area contributed by atoms with Crippen molar-refractivity contribution in [3.63, 3.8) is 0 Å². The number of nitrogens with zero attached hydrogens (tertiary/aromatic N) is 1. The van der Waals surface area contributed by atoms with Gasteiger partial charge in [-0.05, 0) is 52.4 Å². The first-order chi connectivity index (χ1) is 10.7. The number of guanidine groups is 1. The van der Waals surface area contributed by atoms with Crippen molar-refractivity contribution < 1.29 is 4.39 Å². The molecule has 1 unspecified atom stereocenters. The van der Waals surface area contributed by atoms with E-state index in [9.17, 15) is 4.39 Å². The van der Waals surface area contributed by atoms with E-state index in [1.165, 1.54) is 17.7 Å². The average molecular weight is 319 g/mol. The molecule has 0 aliphatic rings. The summed E-state index contributed by atoms with van der Waals surface area (Å²) in [5.41, 5.74) is 2.45. The Hall–Kier alpha value is -1.88. The van der Waals surface area contributed by atoms with Crippen LogP contribution in [-0.4, -0.2) is 26.1 Å². The van der Waals surface area contributed by atoms with Crippen LogP contribution in [0.1, 0.15) is 24.0 Å². The van der Waals surface area contributed by atoms with Crippen molar-refractivity contribution in [1.29, 1.82) is 0 Å². The van der Waals surface area contributed by atoms with E-state index in [2.05, 4.69) is 39.4 Å². The number of rotatable bonds is 6. The van der Waals surface area contributed by atoms with Gasteiger partial charge in [0.05, 0.1) is 0 Å². The Labute approximate surface area is 135 Å². The van der Waals surface area contributed by atoms with Crippen LogP contribution in [0.3, 0.4) is 0 Å². The SMILES string of the molecule is CN=C(NCCc1ccc(F)cc1)NCC(C)c1ccsc1. The van der Waals surface area contributed by atoms with E-state index < -0.39 is 0 Å². The van der Waals surface area contributed by atoms with E-state index in [0.29, 0.717) is 5.92 Å². The van der Waals surface area contributed by atoms with Gasteiger partial charge in [-0.15, -0.1) is 0 Å². The van der Waals surface area contributed by atoms with Crippen molar-refractivity contribution in [3.8, 4) is 0 Å². The molecule has 1 heterocycles. The minimum atomic E-state index is -0.198. The molecule has 0 saturated heterocycles. The summed E-state index contributed by atoms with van der Waals surface area (Å²) < 4.78 is 12.8. The van der Waals surface area contributed by atoms with Crippen LogP contribution >= 0.6 is 11.3 Å². The third-order valence-electron chi connectivity index (χ3n) is 3.53. The molecule has 3 nitrogen and oxygen atoms in total. The van der Waals surface area contributed by atoms with E-state index in [-0.39, 0.29) is 5.82 Å². The molecule has 0 fully saturated rings. The maximum atomic E-state index is 12.8. The van der Waals surface area contributed by atoms with E-state index >= 15 is 0 Å². The highest BCUT2D eigenvalue weighted by Gasteiger charge is 2.06. The zero-order valence-electron chi connectivity index (χ0n) is 13.0. The lowest BCUT2D eigenvalue weighted by Crippen LogP contribution is -2.39. The maximum Gasteiger partial charge on any atom is 0.191 e. The summed E-state index contributed by atoms with van der Waals surface area (Å²) in [5.74, 6) is 1.04. The first-order valence-electron chi connectivity index (χ1n) is 7.40. The summed E-state index contributed by atoms with van der Waals surface area (Å²) in [7, 11) is 1.77. The minimum absolute atomic E-state index is 0.198. The molecule has 118 valence electrons. The fraction of sp³-hybridized carbons (Fsp3) is 0.353. The van der Waals surface area contributed by atoms with E-state index in [0.717, 1.165) is 31.0 Å². The standard InChI is InChI=1S/C17H22FN3S/c1-13(15-8-10-22-12-15)11-21-17(19-2)20-9-7-14-3-5-16(18)6-4-14/h3-6,8,10,12-13H,7,9,11H2,1-2H3,(H2,19,20,21). The number of halogens is 1. The largest absolute Gasteiger partial charge is 0.356 e. The Morgan fingerprint density at radius 3 is 2.64 bits per heavy atom. The van der Waals surface area contributed by atoms with Gasteiger partial charge < -0.3 is 10.6 Å². The highest BCUT2D eigenvalue weighted by Crippen LogP contribution is 2.16. The predicted octanol–water partition coefficient (Wildman–Crippen LogP) is 3.40. The topological polar surface area (TPSA) is 36.4 Å². The maximum absolute atomic E-state index is 12.8. The first kappa shape index (κ1) is 16.5. The second-order valence-corrected chi connectivity index (χ2v) is 5.99. The predicted molar refractivity (Wildman–Crippen MR) is 92.2 cm³/mol. The highest BCUT2D eigenvalue weighted by atomic mass is 32.1. The van der Waals surface area contributed by atoms with Crippen LogP contribution in [0.5, 0.6) is 0 Å². The Bertz CT molecular complexity index is 578. The van der Waals surface area contributed by atoms with Gasteiger partial charge >= 0.3 is 0 Å². The fourth-order valence-corrected chi connectivity index (χ4v) is 2.90. The van der Waals surface area contributed by atoms with Crippen LogP contribution < -0.4 is 10.6 Å². The van der Waals surface area contributed by atoms with Gasteiger partial charge in [-0.25, -0.2) is 4.39 Å². The number of hydrogen-bond donors (Lipinski definition) is 2. The summed E-state index contributed by atoms with van der Waals surface area (Å²) in [6.07, 6.45) is 0.834. The lowest BCUT2D eigenvalue weighted by atomic mass is 10.1. The van der Waals surface area contributed by atoms with Crippen LogP contribution in [0.2, 0.25) is 0 Å². The number of thiophene rings is 1. The molecule has 0 spiro atoms. The monoisotopic (exact) mass is 319 g/mol. The van der Waals surface area contributed by atoms with Crippen LogP contribution in [0.4, 0.5) is 4.39 Å². The number of nitrogens with one attached hydrogen (secondary N) is 2. The van der Waals surface area contributed by atoms with Crippen LogP contribution in [0, 0.1) is 5.82 Å². The molecule has 2 aromatic rings. The molecule has 2 rings (SSSR count). The van der Waals surface area contributed by atoms with Crippen molar-refractivity contribution in [3.05, 3.63) is 58.0 Å². The molecule has 1 aromatic heterocycles. The highest BCUT2D eigenvalue weighted by molar-refractivity contribution is 7.07. The minimum Gasteiger partial charge on any atom is -0.356 e. The molecule has 1 atom stereocenters. The Kier molecular flexibility index (Phi) is 6.40. The molecule has 1 aromatic carbocycles. The van der Waals surface area contributed by atoms with Gasteiger partial charge in [0, 0.05) is 20.1 Å². The third-order valence-corrected chi connectivity index (χ3v) is 4.23. The summed E-state index contributed by atoms with van der Waals surface area (Å²) in [6, 6.07) is 8.76. The second-order valence-electron chi connectivity index (χ2n) is 5.21. The number of hydrogen-bond acceptors (Lipinski definition) is 2. The van der Waals surface area contributed by atoms with Crippen molar-refractivity contribution in [2.45, 2.75) is 19.3 Å². The second kappa shape index (κ2) is 8.54. The van der Waals surface area contributed by atoms with E-state index in [1.807, 2.05) is 12.1 Å². The van der Waals surface area contributed by atoms with Gasteiger partial charge in [0.2, 0.25) is 0 Å². The fourth-order valence-electron chi connectivity index (χ4n) is 2.12. The van der Waals surface area contributed by atoms with E-state index in [1.54, 1.807) is 18.4 Å². The molecule has 0 aliphatic heterocycles. The molecule has 2 N–H and O–H groups in total. The third kappa shape index (κ3) is 5.15. The number of benzene rings is 1. The molecule has 22 heavy (non-hydrogen) atoms. The summed E-state index contributed by atoms with van der Waals surface area (Å²) in [5, 5.41) is 10.9. The van der Waals surface area contributed by atoms with Crippen LogP contribution in [0.15, 0.2) is 46.1 Å². The lowest BCUT2D eigenvalue weighted by Gasteiger charge is -2.15. The molecule has 0 saturated carbocycles. The normalized spacial score (nSPS) is 13.0. The van der Waals surface area contributed by atoms with Gasteiger partial charge in [0.25, 0.3) is 0 Å². The molecule has 5 heteroatoms. The summed E-state index contributed by atoms with van der Waals surface area (Å²) in [6.45, 7) is 3.80. The molecular weight excluding hydrogens is 297 g/mol. The summed E-state index contributed by atoms with van der Waals surface area (Å²) in [4.78, 5) is 4.22. The molecule has 0 amide bonds. The van der Waals surface area contributed by atoms with E-state index in [4.69, 9.17) is 0 Å². The molecule has 0 radical (unpaired) electrons. The van der Waals surface area contributed by atoms with Crippen molar-refractivity contribution in [1.82, 2.24) is 10.6 Å². The zero-order chi connectivity index (χ0) is 15.8. The van der Waals surface area contributed by atoms with Gasteiger partial charge in [-0.2, -0.15) is 11.3 Å². The Morgan fingerprint density at radius 2 is 2.00 bits per heavy atom. The van der Waals surface area contributed by atoms with Gasteiger partial charge in [-0.1, -0.05) is 19.1 Å². The molecule has 0 aliphatic carbocycles. The van der Waals surface area contributed by atoms with Gasteiger partial charge in [0.1, 0.15) is 5.82 Å². The van der Waals surface area contributed by atoms with Crippen molar-refractivity contribution >= 4 is 17.3 Å². The van der Waals surface area contributed by atoms with Crippen LogP contribution in [0.25, 0.3) is 0 Å². The van der Waals surface area contributed by atoms with Gasteiger partial charge in [-0.3, -0.25) is 4.99 Å². The molecular formula is C17H22FN3S. The van der Waals surface area contributed by atoms with Crippen molar-refractivity contribution in [2.24, 2.45) is 4.99 Å². The zero-order valence-corrected chi connectivity index (χ0v) is 13.8. The quantitative estimate of drug-likeness (QED) is 0.632. The molecule has 0 bridgehead atoms. The number of aliphatic imine (C=N–C) groups is 1. The van der Waals surface area contributed by atoms with Gasteiger partial charge in [0.15, 0.2) is 5.96 Å². The smallest absolute Gasteiger partial charge is 0.191 e. The summed E-state index contributed by atoms with van der Waals surface area (Å²) >= 11 is 1.72. The Balaban J connectivity index is 1.72. The lowest BCUT2D eigenvalue weighted by molar-refractivity contribution is 0.626. The average Bonchev–Trinajstić information content (AvgIpc) is 3.06. The Morgan fingerprint density at radius 1 is 1.23 bits per heavy atom.